The van der Waals surface area contributed by atoms with Crippen molar-refractivity contribution < 1.29 is 5.11 Å². The second-order valence-corrected chi connectivity index (χ2v) is 2.94. The van der Waals surface area contributed by atoms with Gasteiger partial charge in [-0.2, -0.15) is 5.26 Å². The van der Waals surface area contributed by atoms with Crippen LogP contribution in [0.1, 0.15) is 5.56 Å². The van der Waals surface area contributed by atoms with Crippen LogP contribution in [0.4, 0.5) is 5.69 Å². The molecule has 2 rings (SSSR count). The third-order valence-electron chi connectivity index (χ3n) is 1.95. The molecule has 0 spiro atoms. The molecule has 0 atom stereocenters. The van der Waals surface area contributed by atoms with Gasteiger partial charge in [0.15, 0.2) is 0 Å². The Labute approximate surface area is 80.2 Å². The highest BCUT2D eigenvalue weighted by molar-refractivity contribution is 5.92. The van der Waals surface area contributed by atoms with E-state index in [1.807, 2.05) is 6.07 Å². The van der Waals surface area contributed by atoms with Crippen LogP contribution in [0, 0.1) is 11.3 Å². The molecule has 0 unspecified atom stereocenters. The highest BCUT2D eigenvalue weighted by Crippen LogP contribution is 2.24. The molecule has 0 saturated heterocycles. The lowest BCUT2D eigenvalue weighted by atomic mass is 10.1. The first-order valence-electron chi connectivity index (χ1n) is 3.99. The number of nitrogen functional groups attached to an aromatic ring is 1. The first-order chi connectivity index (χ1) is 6.70. The minimum Gasteiger partial charge on any atom is -0.506 e. The van der Waals surface area contributed by atoms with Crippen LogP contribution in [0.15, 0.2) is 24.4 Å². The van der Waals surface area contributed by atoms with E-state index < -0.39 is 0 Å². The van der Waals surface area contributed by atoms with Gasteiger partial charge in [-0.15, -0.1) is 0 Å². The number of anilines is 1. The minimum atomic E-state index is 0.0638. The first-order valence-corrected chi connectivity index (χ1v) is 3.99. The van der Waals surface area contributed by atoms with Crippen molar-refractivity contribution in [2.75, 3.05) is 5.73 Å². The fourth-order valence-corrected chi connectivity index (χ4v) is 1.31. The van der Waals surface area contributed by atoms with E-state index in [1.54, 1.807) is 12.1 Å². The molecule has 0 aliphatic rings. The molecule has 1 aromatic carbocycles. The molecule has 2 aromatic rings. The monoisotopic (exact) mass is 185 g/mol. The summed E-state index contributed by atoms with van der Waals surface area (Å²) in [6, 6.07) is 6.71. The minimum absolute atomic E-state index is 0.0638. The van der Waals surface area contributed by atoms with Crippen LogP contribution >= 0.6 is 0 Å². The second-order valence-electron chi connectivity index (χ2n) is 2.94. The van der Waals surface area contributed by atoms with E-state index in [0.29, 0.717) is 22.2 Å². The number of benzene rings is 1. The summed E-state index contributed by atoms with van der Waals surface area (Å²) in [5, 5.41) is 18.5. The van der Waals surface area contributed by atoms with Gasteiger partial charge in [-0.05, 0) is 18.2 Å². The molecule has 0 fully saturated rings. The van der Waals surface area contributed by atoms with Crippen molar-refractivity contribution in [1.82, 2.24) is 4.98 Å². The van der Waals surface area contributed by atoms with E-state index in [-0.39, 0.29) is 5.75 Å². The maximum atomic E-state index is 9.20. The molecule has 0 radical (unpaired) electrons. The van der Waals surface area contributed by atoms with Gasteiger partial charge < -0.3 is 10.8 Å². The molecular weight excluding hydrogens is 178 g/mol. The summed E-state index contributed by atoms with van der Waals surface area (Å²) in [6.07, 6.45) is 1.32. The highest BCUT2D eigenvalue weighted by Gasteiger charge is 2.03. The molecule has 1 heterocycles. The number of aromatic hydroxyl groups is 1. The zero-order chi connectivity index (χ0) is 10.1. The number of rotatable bonds is 0. The van der Waals surface area contributed by atoms with Gasteiger partial charge in [0.1, 0.15) is 5.75 Å². The third kappa shape index (κ3) is 1.21. The summed E-state index contributed by atoms with van der Waals surface area (Å²) in [6.45, 7) is 0. The lowest BCUT2D eigenvalue weighted by molar-refractivity contribution is 0.474. The Morgan fingerprint density at radius 3 is 2.86 bits per heavy atom. The van der Waals surface area contributed by atoms with Gasteiger partial charge in [-0.1, -0.05) is 0 Å². The van der Waals surface area contributed by atoms with Crippen LogP contribution in [-0.4, -0.2) is 10.1 Å². The van der Waals surface area contributed by atoms with Crippen molar-refractivity contribution in [3.8, 4) is 11.8 Å². The SMILES string of the molecule is N#Cc1cc(N)c2cc(O)cnc2c1. The molecule has 0 bridgehead atoms. The quantitative estimate of drug-likeness (QED) is 0.607. The Morgan fingerprint density at radius 2 is 2.14 bits per heavy atom. The van der Waals surface area contributed by atoms with E-state index in [2.05, 4.69) is 4.98 Å². The average molecular weight is 185 g/mol. The number of nitrogens with zero attached hydrogens (tertiary/aromatic N) is 2. The van der Waals surface area contributed by atoms with Crippen LogP contribution in [0.25, 0.3) is 10.9 Å². The van der Waals surface area contributed by atoms with Gasteiger partial charge >= 0.3 is 0 Å². The van der Waals surface area contributed by atoms with Gasteiger partial charge in [0.05, 0.1) is 23.3 Å². The van der Waals surface area contributed by atoms with Crippen molar-refractivity contribution in [3.63, 3.8) is 0 Å². The summed E-state index contributed by atoms with van der Waals surface area (Å²) < 4.78 is 0. The predicted molar refractivity (Wildman–Crippen MR) is 52.5 cm³/mol. The summed E-state index contributed by atoms with van der Waals surface area (Å²) in [7, 11) is 0. The lowest BCUT2D eigenvalue weighted by Crippen LogP contribution is -1.90. The summed E-state index contributed by atoms with van der Waals surface area (Å²) in [5.74, 6) is 0.0638. The fraction of sp³-hybridized carbons (Fsp3) is 0. The predicted octanol–water partition coefficient (Wildman–Crippen LogP) is 1.39. The van der Waals surface area contributed by atoms with Gasteiger partial charge in [0.25, 0.3) is 0 Å². The Kier molecular flexibility index (Phi) is 1.72. The largest absolute Gasteiger partial charge is 0.506 e. The van der Waals surface area contributed by atoms with Crippen molar-refractivity contribution >= 4 is 16.6 Å². The topological polar surface area (TPSA) is 82.9 Å². The normalized spacial score (nSPS) is 9.93. The van der Waals surface area contributed by atoms with Gasteiger partial charge in [0.2, 0.25) is 0 Å². The fourth-order valence-electron chi connectivity index (χ4n) is 1.31. The van der Waals surface area contributed by atoms with Crippen LogP contribution in [-0.2, 0) is 0 Å². The summed E-state index contributed by atoms with van der Waals surface area (Å²) >= 11 is 0. The number of fused-ring (bicyclic) bond motifs is 1. The molecule has 4 nitrogen and oxygen atoms in total. The first kappa shape index (κ1) is 8.32. The standard InChI is InChI=1S/C10H7N3O/c11-4-6-1-9(12)8-3-7(14)5-13-10(8)2-6/h1-3,5,14H,12H2. The number of nitrogens with two attached hydrogens (primary N) is 1. The molecule has 0 amide bonds. The number of hydrogen-bond donors (Lipinski definition) is 2. The van der Waals surface area contributed by atoms with Gasteiger partial charge in [-0.25, -0.2) is 0 Å². The Hall–Kier alpha value is -2.28. The number of nitriles is 1. The van der Waals surface area contributed by atoms with E-state index in [1.165, 1.54) is 12.3 Å². The molecule has 0 aliphatic carbocycles. The summed E-state index contributed by atoms with van der Waals surface area (Å²) in [5.41, 5.74) is 7.22. The molecule has 1 aromatic heterocycles. The van der Waals surface area contributed by atoms with Crippen LogP contribution in [0.3, 0.4) is 0 Å². The van der Waals surface area contributed by atoms with E-state index in [0.717, 1.165) is 0 Å². The number of aromatic nitrogens is 1. The zero-order valence-corrected chi connectivity index (χ0v) is 7.23. The smallest absolute Gasteiger partial charge is 0.134 e. The molecular formula is C10H7N3O. The Bertz CT molecular complexity index is 543. The number of hydrogen-bond acceptors (Lipinski definition) is 4. The highest BCUT2D eigenvalue weighted by atomic mass is 16.3. The molecule has 68 valence electrons. The molecule has 4 heteroatoms. The number of pyridine rings is 1. The zero-order valence-electron chi connectivity index (χ0n) is 7.23. The van der Waals surface area contributed by atoms with Crippen LogP contribution in [0.5, 0.6) is 5.75 Å². The molecule has 3 N–H and O–H groups in total. The van der Waals surface area contributed by atoms with E-state index in [9.17, 15) is 5.11 Å². The second kappa shape index (κ2) is 2.89. The molecule has 0 aliphatic heterocycles. The third-order valence-corrected chi connectivity index (χ3v) is 1.95. The lowest BCUT2D eigenvalue weighted by Gasteiger charge is -2.02. The van der Waals surface area contributed by atoms with Crippen LogP contribution < -0.4 is 5.73 Å². The van der Waals surface area contributed by atoms with Crippen molar-refractivity contribution in [3.05, 3.63) is 30.0 Å². The van der Waals surface area contributed by atoms with Gasteiger partial charge in [0, 0.05) is 11.1 Å². The molecule has 14 heavy (non-hydrogen) atoms. The van der Waals surface area contributed by atoms with Crippen molar-refractivity contribution in [2.45, 2.75) is 0 Å². The maximum Gasteiger partial charge on any atom is 0.134 e. The maximum absolute atomic E-state index is 9.20. The van der Waals surface area contributed by atoms with Crippen molar-refractivity contribution in [2.24, 2.45) is 0 Å². The van der Waals surface area contributed by atoms with Crippen LogP contribution in [0.2, 0.25) is 0 Å². The van der Waals surface area contributed by atoms with Crippen molar-refractivity contribution in [1.29, 1.82) is 5.26 Å². The summed E-state index contributed by atoms with van der Waals surface area (Å²) in [4.78, 5) is 3.97. The Morgan fingerprint density at radius 1 is 1.36 bits per heavy atom. The van der Waals surface area contributed by atoms with E-state index in [4.69, 9.17) is 11.0 Å². The van der Waals surface area contributed by atoms with E-state index >= 15 is 0 Å². The molecule has 0 saturated carbocycles. The van der Waals surface area contributed by atoms with Gasteiger partial charge in [-0.3, -0.25) is 4.98 Å². The average Bonchev–Trinajstić information content (AvgIpc) is 2.19. The Balaban J connectivity index is 2.84.